The normalized spacial score (nSPS) is 10.4. The lowest BCUT2D eigenvalue weighted by Crippen LogP contribution is -2.30. The summed E-state index contributed by atoms with van der Waals surface area (Å²) in [6.45, 7) is 0.250. The van der Waals surface area contributed by atoms with Crippen molar-refractivity contribution in [2.45, 2.75) is 6.54 Å². The molecule has 0 atom stereocenters. The van der Waals surface area contributed by atoms with Gasteiger partial charge in [-0.3, -0.25) is 9.59 Å². The molecule has 8 nitrogen and oxygen atoms in total. The van der Waals surface area contributed by atoms with Crippen molar-refractivity contribution in [2.75, 3.05) is 38.7 Å². The molecule has 1 N–H and O–H groups in total. The van der Waals surface area contributed by atoms with Crippen LogP contribution in [0.25, 0.3) is 0 Å². The number of benzene rings is 4. The summed E-state index contributed by atoms with van der Waals surface area (Å²) in [7, 11) is 6.15. The first-order valence-corrected chi connectivity index (χ1v) is 12.7. The zero-order valence-corrected chi connectivity index (χ0v) is 23.3. The monoisotopic (exact) mass is 560 g/mol. The highest BCUT2D eigenvalue weighted by atomic mass is 35.5. The minimum absolute atomic E-state index is 0.250. The molecule has 40 heavy (non-hydrogen) atoms. The Morgan fingerprint density at radius 2 is 1.30 bits per heavy atom. The second-order valence-corrected chi connectivity index (χ2v) is 9.10. The molecular formula is C31H29ClN2O6. The van der Waals surface area contributed by atoms with Crippen LogP contribution in [0.2, 0.25) is 5.02 Å². The molecule has 0 aliphatic rings. The van der Waals surface area contributed by atoms with E-state index < -0.39 is 0 Å². The van der Waals surface area contributed by atoms with Crippen LogP contribution in [0.15, 0.2) is 84.9 Å². The lowest BCUT2D eigenvalue weighted by atomic mass is 10.1. The molecule has 0 heterocycles. The molecule has 206 valence electrons. The van der Waals surface area contributed by atoms with Gasteiger partial charge in [-0.1, -0.05) is 23.7 Å². The number of halogens is 1. The maximum Gasteiger partial charge on any atom is 0.258 e. The molecule has 0 aliphatic carbocycles. The van der Waals surface area contributed by atoms with Crippen molar-refractivity contribution in [3.63, 3.8) is 0 Å². The number of nitrogens with zero attached hydrogens (tertiary/aromatic N) is 1. The minimum atomic E-state index is -0.305. The van der Waals surface area contributed by atoms with Crippen LogP contribution in [-0.4, -0.2) is 40.3 Å². The molecule has 2 amide bonds. The van der Waals surface area contributed by atoms with Crippen LogP contribution in [0.1, 0.15) is 26.3 Å². The van der Waals surface area contributed by atoms with Gasteiger partial charge in [0.15, 0.2) is 11.5 Å². The van der Waals surface area contributed by atoms with Crippen molar-refractivity contribution in [1.29, 1.82) is 0 Å². The summed E-state index contributed by atoms with van der Waals surface area (Å²) in [5.74, 6) is 1.37. The number of methoxy groups -OCH3 is 4. The third-order valence-corrected chi connectivity index (χ3v) is 6.45. The molecule has 4 rings (SSSR count). The van der Waals surface area contributed by atoms with Crippen molar-refractivity contribution < 1.29 is 28.5 Å². The predicted molar refractivity (Wildman–Crippen MR) is 155 cm³/mol. The molecule has 0 aliphatic heterocycles. The van der Waals surface area contributed by atoms with Crippen molar-refractivity contribution in [1.82, 2.24) is 0 Å². The molecule has 4 aromatic rings. The molecule has 0 saturated carbocycles. The largest absolute Gasteiger partial charge is 0.497 e. The van der Waals surface area contributed by atoms with Gasteiger partial charge in [0.05, 0.1) is 40.7 Å². The lowest BCUT2D eigenvalue weighted by Gasteiger charge is -2.25. The molecule has 0 saturated heterocycles. The fourth-order valence-electron chi connectivity index (χ4n) is 4.07. The van der Waals surface area contributed by atoms with Crippen LogP contribution in [0, 0.1) is 0 Å². The minimum Gasteiger partial charge on any atom is -0.497 e. The van der Waals surface area contributed by atoms with E-state index in [4.69, 9.17) is 30.5 Å². The molecule has 4 aromatic carbocycles. The van der Waals surface area contributed by atoms with Gasteiger partial charge < -0.3 is 29.2 Å². The number of carbonyl (C=O) groups is 2. The lowest BCUT2D eigenvalue weighted by molar-refractivity contribution is 0.0982. The summed E-state index contributed by atoms with van der Waals surface area (Å²) in [5, 5.41) is 3.39. The number of hydrogen-bond acceptors (Lipinski definition) is 6. The highest BCUT2D eigenvalue weighted by Crippen LogP contribution is 2.41. The first kappa shape index (κ1) is 28.3. The third-order valence-electron chi connectivity index (χ3n) is 6.20. The van der Waals surface area contributed by atoms with Crippen LogP contribution in [-0.2, 0) is 6.54 Å². The Kier molecular flexibility index (Phi) is 9.14. The SMILES string of the molecule is COc1ccc(CN(C(=O)c2ccc(C(=O)Nc3ccc(Cl)cc3)cc2)c2cc(OC)c(OC)c(OC)c2)cc1. The van der Waals surface area contributed by atoms with Gasteiger partial charge in [-0.2, -0.15) is 0 Å². The van der Waals surface area contributed by atoms with E-state index in [0.717, 1.165) is 5.56 Å². The van der Waals surface area contributed by atoms with E-state index in [-0.39, 0.29) is 18.4 Å². The van der Waals surface area contributed by atoms with E-state index in [1.165, 1.54) is 21.3 Å². The van der Waals surface area contributed by atoms with E-state index in [1.807, 2.05) is 24.3 Å². The number of amides is 2. The standard InChI is InChI=1S/C31H29ClN2O6/c1-37-26-15-5-20(6-16-26)19-34(25-17-27(38-2)29(40-4)28(18-25)39-3)31(36)22-9-7-21(8-10-22)30(35)33-24-13-11-23(32)12-14-24/h5-18H,19H2,1-4H3,(H,33,35). The fraction of sp³-hybridized carbons (Fsp3) is 0.161. The van der Waals surface area contributed by atoms with Crippen LogP contribution in [0.5, 0.6) is 23.0 Å². The van der Waals surface area contributed by atoms with Crippen LogP contribution >= 0.6 is 11.6 Å². The highest BCUT2D eigenvalue weighted by molar-refractivity contribution is 6.30. The second kappa shape index (κ2) is 12.9. The smallest absolute Gasteiger partial charge is 0.258 e. The highest BCUT2D eigenvalue weighted by Gasteiger charge is 2.23. The Morgan fingerprint density at radius 3 is 1.82 bits per heavy atom. The maximum atomic E-state index is 13.9. The summed E-state index contributed by atoms with van der Waals surface area (Å²) in [6.07, 6.45) is 0. The maximum absolute atomic E-state index is 13.9. The molecule has 0 bridgehead atoms. The summed E-state index contributed by atoms with van der Waals surface area (Å²) < 4.78 is 21.8. The molecule has 0 unspecified atom stereocenters. The molecular weight excluding hydrogens is 532 g/mol. The van der Waals surface area contributed by atoms with Gasteiger partial charge in [-0.05, 0) is 66.2 Å². The van der Waals surface area contributed by atoms with E-state index >= 15 is 0 Å². The van der Waals surface area contributed by atoms with Crippen molar-refractivity contribution in [3.05, 3.63) is 107 Å². The topological polar surface area (TPSA) is 86.3 Å². The van der Waals surface area contributed by atoms with Gasteiger partial charge in [-0.25, -0.2) is 0 Å². The van der Waals surface area contributed by atoms with Gasteiger partial charge in [0, 0.05) is 34.0 Å². The van der Waals surface area contributed by atoms with E-state index in [9.17, 15) is 9.59 Å². The van der Waals surface area contributed by atoms with Crippen LogP contribution in [0.4, 0.5) is 11.4 Å². The van der Waals surface area contributed by atoms with Crippen molar-refractivity contribution in [2.24, 2.45) is 0 Å². The summed E-state index contributed by atoms with van der Waals surface area (Å²) in [5.41, 5.74) is 2.83. The Morgan fingerprint density at radius 1 is 0.725 bits per heavy atom. The van der Waals surface area contributed by atoms with Crippen molar-refractivity contribution >= 4 is 34.8 Å². The van der Waals surface area contributed by atoms with Crippen LogP contribution < -0.4 is 29.2 Å². The van der Waals surface area contributed by atoms with E-state index in [1.54, 1.807) is 72.7 Å². The molecule has 9 heteroatoms. The average molecular weight is 561 g/mol. The van der Waals surface area contributed by atoms with Gasteiger partial charge in [-0.15, -0.1) is 0 Å². The number of nitrogens with one attached hydrogen (secondary N) is 1. The Balaban J connectivity index is 1.66. The van der Waals surface area contributed by atoms with E-state index in [0.29, 0.717) is 50.5 Å². The first-order valence-electron chi connectivity index (χ1n) is 12.3. The predicted octanol–water partition coefficient (Wildman–Crippen LogP) is 6.47. The van der Waals surface area contributed by atoms with Gasteiger partial charge in [0.2, 0.25) is 5.75 Å². The molecule has 0 spiro atoms. The average Bonchev–Trinajstić information content (AvgIpc) is 3.00. The molecule has 0 radical (unpaired) electrons. The number of anilines is 2. The quantitative estimate of drug-likeness (QED) is 0.239. The van der Waals surface area contributed by atoms with E-state index in [2.05, 4.69) is 5.32 Å². The van der Waals surface area contributed by atoms with Crippen molar-refractivity contribution in [3.8, 4) is 23.0 Å². The Bertz CT molecular complexity index is 1450. The zero-order valence-electron chi connectivity index (χ0n) is 22.6. The third kappa shape index (κ3) is 6.47. The zero-order chi connectivity index (χ0) is 28.6. The van der Waals surface area contributed by atoms with Gasteiger partial charge >= 0.3 is 0 Å². The molecule has 0 aromatic heterocycles. The number of rotatable bonds is 10. The Hall–Kier alpha value is -4.69. The fourth-order valence-corrected chi connectivity index (χ4v) is 4.20. The summed E-state index contributed by atoms with van der Waals surface area (Å²) in [4.78, 5) is 28.3. The first-order chi connectivity index (χ1) is 19.4. The number of ether oxygens (including phenoxy) is 4. The van der Waals surface area contributed by atoms with Gasteiger partial charge in [0.1, 0.15) is 5.75 Å². The van der Waals surface area contributed by atoms with Gasteiger partial charge in [0.25, 0.3) is 11.8 Å². The second-order valence-electron chi connectivity index (χ2n) is 8.66. The van der Waals surface area contributed by atoms with Crippen LogP contribution in [0.3, 0.4) is 0 Å². The Labute approximate surface area is 238 Å². The number of hydrogen-bond donors (Lipinski definition) is 1. The summed E-state index contributed by atoms with van der Waals surface area (Å²) in [6, 6.07) is 24.2. The summed E-state index contributed by atoms with van der Waals surface area (Å²) >= 11 is 5.92. The molecule has 0 fully saturated rings. The number of carbonyl (C=O) groups excluding carboxylic acids is 2.